The average Bonchev–Trinajstić information content (AvgIpc) is 3.03. The summed E-state index contributed by atoms with van der Waals surface area (Å²) in [7, 11) is 0. The number of hydrogen-bond acceptors (Lipinski definition) is 3. The molecule has 0 amide bonds. The highest BCUT2D eigenvalue weighted by Gasteiger charge is 2.28. The first kappa shape index (κ1) is 13.9. The van der Waals surface area contributed by atoms with Crippen LogP contribution in [0.5, 0.6) is 0 Å². The maximum Gasteiger partial charge on any atom is 0.335 e. The van der Waals surface area contributed by atoms with Gasteiger partial charge in [0.1, 0.15) is 0 Å². The number of aromatic carboxylic acids is 1. The summed E-state index contributed by atoms with van der Waals surface area (Å²) in [6, 6.07) is 4.68. The number of ether oxygens (including phenoxy) is 1. The fraction of sp³-hybridized carbons (Fsp3) is 0.467. The predicted molar refractivity (Wildman–Crippen MR) is 77.7 cm³/mol. The summed E-state index contributed by atoms with van der Waals surface area (Å²) in [6.45, 7) is 3.35. The minimum atomic E-state index is -0.993. The molecule has 112 valence electrons. The second-order valence-electron chi connectivity index (χ2n) is 5.44. The zero-order chi connectivity index (χ0) is 15.0. The third-order valence-electron chi connectivity index (χ3n) is 4.19. The fourth-order valence-corrected chi connectivity index (χ4v) is 3.05. The fourth-order valence-electron chi connectivity index (χ4n) is 3.05. The topological polar surface area (TPSA) is 84.3 Å². The number of carbonyl (C=O) groups is 1. The number of carboxylic acids is 1. The highest BCUT2D eigenvalue weighted by Crippen LogP contribution is 2.26. The SMILES string of the molecule is CCC1OCCC1Cn1c(=O)[nH]c2ccc(C(=O)O)cc21. The molecule has 1 aromatic carbocycles. The molecule has 2 unspecified atom stereocenters. The Kier molecular flexibility index (Phi) is 3.55. The molecule has 0 spiro atoms. The number of fused-ring (bicyclic) bond motifs is 1. The van der Waals surface area contributed by atoms with Crippen molar-refractivity contribution in [3.63, 3.8) is 0 Å². The third-order valence-corrected chi connectivity index (χ3v) is 4.19. The van der Waals surface area contributed by atoms with E-state index in [2.05, 4.69) is 11.9 Å². The van der Waals surface area contributed by atoms with E-state index in [-0.39, 0.29) is 17.4 Å². The molecule has 0 aliphatic carbocycles. The van der Waals surface area contributed by atoms with Crippen LogP contribution in [0, 0.1) is 5.92 Å². The van der Waals surface area contributed by atoms with Gasteiger partial charge in [0, 0.05) is 19.1 Å². The van der Waals surface area contributed by atoms with E-state index in [4.69, 9.17) is 9.84 Å². The highest BCUT2D eigenvalue weighted by molar-refractivity contribution is 5.92. The van der Waals surface area contributed by atoms with Crippen molar-refractivity contribution < 1.29 is 14.6 Å². The van der Waals surface area contributed by atoms with Gasteiger partial charge >= 0.3 is 11.7 Å². The molecule has 21 heavy (non-hydrogen) atoms. The lowest BCUT2D eigenvalue weighted by atomic mass is 9.99. The van der Waals surface area contributed by atoms with Gasteiger partial charge in [0.15, 0.2) is 0 Å². The van der Waals surface area contributed by atoms with Crippen LogP contribution in [0.1, 0.15) is 30.1 Å². The summed E-state index contributed by atoms with van der Waals surface area (Å²) < 4.78 is 7.29. The monoisotopic (exact) mass is 290 g/mol. The third kappa shape index (κ3) is 2.47. The lowest BCUT2D eigenvalue weighted by Crippen LogP contribution is -2.26. The molecule has 2 aromatic rings. The van der Waals surface area contributed by atoms with Gasteiger partial charge in [0.2, 0.25) is 0 Å². The minimum Gasteiger partial charge on any atom is -0.478 e. The number of hydrogen-bond donors (Lipinski definition) is 2. The van der Waals surface area contributed by atoms with Gasteiger partial charge < -0.3 is 14.8 Å². The summed E-state index contributed by atoms with van der Waals surface area (Å²) >= 11 is 0. The summed E-state index contributed by atoms with van der Waals surface area (Å²) in [5.74, 6) is -0.701. The minimum absolute atomic E-state index is 0.171. The first-order valence-electron chi connectivity index (χ1n) is 7.17. The first-order chi connectivity index (χ1) is 10.1. The molecule has 1 aliphatic heterocycles. The molecule has 3 rings (SSSR count). The van der Waals surface area contributed by atoms with E-state index < -0.39 is 5.97 Å². The van der Waals surface area contributed by atoms with Gasteiger partial charge in [-0.3, -0.25) is 4.57 Å². The van der Waals surface area contributed by atoms with Crippen molar-refractivity contribution in [3.05, 3.63) is 34.2 Å². The number of nitrogens with zero attached hydrogens (tertiary/aromatic N) is 1. The van der Waals surface area contributed by atoms with Crippen molar-refractivity contribution in [1.29, 1.82) is 0 Å². The zero-order valence-electron chi connectivity index (χ0n) is 11.8. The molecule has 2 atom stereocenters. The van der Waals surface area contributed by atoms with Crippen LogP contribution in [-0.2, 0) is 11.3 Å². The number of aromatic nitrogens is 2. The van der Waals surface area contributed by atoms with E-state index >= 15 is 0 Å². The Morgan fingerprint density at radius 3 is 3.05 bits per heavy atom. The maximum atomic E-state index is 12.1. The number of aromatic amines is 1. The van der Waals surface area contributed by atoms with Gasteiger partial charge in [-0.05, 0) is 31.0 Å². The number of rotatable bonds is 4. The predicted octanol–water partition coefficient (Wildman–Crippen LogP) is 1.84. The molecule has 6 nitrogen and oxygen atoms in total. The molecule has 2 N–H and O–H groups in total. The largest absolute Gasteiger partial charge is 0.478 e. The van der Waals surface area contributed by atoms with Crippen molar-refractivity contribution in [3.8, 4) is 0 Å². The second kappa shape index (κ2) is 5.37. The second-order valence-corrected chi connectivity index (χ2v) is 5.44. The Labute approximate surface area is 121 Å². The van der Waals surface area contributed by atoms with Gasteiger partial charge in [-0.25, -0.2) is 9.59 Å². The smallest absolute Gasteiger partial charge is 0.335 e. The van der Waals surface area contributed by atoms with Crippen LogP contribution in [0.4, 0.5) is 0 Å². The van der Waals surface area contributed by atoms with E-state index in [1.807, 2.05) is 0 Å². The Morgan fingerprint density at radius 1 is 1.52 bits per heavy atom. The van der Waals surface area contributed by atoms with Gasteiger partial charge in [-0.1, -0.05) is 6.92 Å². The summed E-state index contributed by atoms with van der Waals surface area (Å²) in [5.41, 5.74) is 1.29. The number of H-pyrrole nitrogens is 1. The van der Waals surface area contributed by atoms with E-state index in [0.29, 0.717) is 23.5 Å². The quantitative estimate of drug-likeness (QED) is 0.900. The molecule has 0 bridgehead atoms. The molecular formula is C15H18N2O4. The van der Waals surface area contributed by atoms with Crippen molar-refractivity contribution in [2.45, 2.75) is 32.4 Å². The van der Waals surface area contributed by atoms with Crippen molar-refractivity contribution in [2.24, 2.45) is 5.92 Å². The highest BCUT2D eigenvalue weighted by atomic mass is 16.5. The Hall–Kier alpha value is -2.08. The van der Waals surface area contributed by atoms with Crippen LogP contribution >= 0.6 is 0 Å². The Bertz CT molecular complexity index is 731. The van der Waals surface area contributed by atoms with Crippen LogP contribution in [0.15, 0.2) is 23.0 Å². The Morgan fingerprint density at radius 2 is 2.33 bits per heavy atom. The average molecular weight is 290 g/mol. The normalized spacial score (nSPS) is 22.0. The number of benzene rings is 1. The zero-order valence-corrected chi connectivity index (χ0v) is 11.8. The molecule has 1 aliphatic rings. The maximum absolute atomic E-state index is 12.1. The summed E-state index contributed by atoms with van der Waals surface area (Å²) in [4.78, 5) is 26.0. The molecule has 0 saturated carbocycles. The van der Waals surface area contributed by atoms with E-state index in [1.54, 1.807) is 16.7 Å². The van der Waals surface area contributed by atoms with Crippen molar-refractivity contribution in [2.75, 3.05) is 6.61 Å². The van der Waals surface area contributed by atoms with Crippen LogP contribution in [0.3, 0.4) is 0 Å². The molecule has 1 fully saturated rings. The number of imidazole rings is 1. The van der Waals surface area contributed by atoms with Gasteiger partial charge in [-0.2, -0.15) is 0 Å². The van der Waals surface area contributed by atoms with Gasteiger partial charge in [0.25, 0.3) is 0 Å². The number of carboxylic acid groups (broad SMARTS) is 1. The summed E-state index contributed by atoms with van der Waals surface area (Å²) in [6.07, 6.45) is 2.02. The molecule has 1 aromatic heterocycles. The van der Waals surface area contributed by atoms with Crippen LogP contribution < -0.4 is 5.69 Å². The lowest BCUT2D eigenvalue weighted by Gasteiger charge is -2.17. The molecule has 2 heterocycles. The molecular weight excluding hydrogens is 272 g/mol. The Balaban J connectivity index is 2.00. The van der Waals surface area contributed by atoms with Crippen molar-refractivity contribution in [1.82, 2.24) is 9.55 Å². The van der Waals surface area contributed by atoms with Crippen LogP contribution in [0.2, 0.25) is 0 Å². The molecule has 0 radical (unpaired) electrons. The van der Waals surface area contributed by atoms with Crippen LogP contribution in [0.25, 0.3) is 11.0 Å². The number of nitrogens with one attached hydrogen (secondary N) is 1. The van der Waals surface area contributed by atoms with Gasteiger partial charge in [0.05, 0.1) is 22.7 Å². The lowest BCUT2D eigenvalue weighted by molar-refractivity contribution is 0.0697. The van der Waals surface area contributed by atoms with E-state index in [1.165, 1.54) is 6.07 Å². The first-order valence-corrected chi connectivity index (χ1v) is 7.17. The summed E-state index contributed by atoms with van der Waals surface area (Å²) in [5, 5.41) is 9.09. The molecule has 6 heteroatoms. The van der Waals surface area contributed by atoms with Gasteiger partial charge in [-0.15, -0.1) is 0 Å². The van der Waals surface area contributed by atoms with Crippen molar-refractivity contribution >= 4 is 17.0 Å². The van der Waals surface area contributed by atoms with E-state index in [0.717, 1.165) is 19.4 Å². The van der Waals surface area contributed by atoms with E-state index in [9.17, 15) is 9.59 Å². The standard InChI is InChI=1S/C15H18N2O4/c1-2-13-10(5-6-21-13)8-17-12-7-9(14(18)19)3-4-11(12)16-15(17)20/h3-4,7,10,13H,2,5-6,8H2,1H3,(H,16,20)(H,18,19). The van der Waals surface area contributed by atoms with Crippen LogP contribution in [-0.4, -0.2) is 33.3 Å². The molecule has 1 saturated heterocycles.